The average molecular weight is 297 g/mol. The molecular formula is C13H16FN3O2S. The normalized spacial score (nSPS) is 10.5. The summed E-state index contributed by atoms with van der Waals surface area (Å²) in [7, 11) is 0. The third-order valence-corrected chi connectivity index (χ3v) is 3.32. The molecule has 5 nitrogen and oxygen atoms in total. The van der Waals surface area contributed by atoms with Crippen molar-refractivity contribution in [3.8, 4) is 5.75 Å². The van der Waals surface area contributed by atoms with Crippen LogP contribution in [0.1, 0.15) is 19.0 Å². The second-order valence-electron chi connectivity index (χ2n) is 4.25. The van der Waals surface area contributed by atoms with Crippen LogP contribution in [0.25, 0.3) is 0 Å². The zero-order chi connectivity index (χ0) is 14.5. The smallest absolute Gasteiger partial charge is 0.304 e. The SMILES string of the molecule is CCCOc1cc(NCc2csc(=O)[nH]2)c(N)cc1F. The Morgan fingerprint density at radius 3 is 2.95 bits per heavy atom. The molecule has 20 heavy (non-hydrogen) atoms. The molecule has 0 fully saturated rings. The van der Waals surface area contributed by atoms with Crippen molar-refractivity contribution in [1.82, 2.24) is 4.98 Å². The molecular weight excluding hydrogens is 281 g/mol. The fourth-order valence-corrected chi connectivity index (χ4v) is 2.22. The minimum atomic E-state index is -0.481. The van der Waals surface area contributed by atoms with E-state index in [1.54, 1.807) is 5.38 Å². The molecule has 0 radical (unpaired) electrons. The van der Waals surface area contributed by atoms with Gasteiger partial charge in [-0.3, -0.25) is 4.79 Å². The lowest BCUT2D eigenvalue weighted by Crippen LogP contribution is -2.06. The van der Waals surface area contributed by atoms with Gasteiger partial charge in [0.15, 0.2) is 11.6 Å². The molecule has 0 amide bonds. The maximum Gasteiger partial charge on any atom is 0.304 e. The van der Waals surface area contributed by atoms with Gasteiger partial charge in [0.05, 0.1) is 24.5 Å². The number of aromatic nitrogens is 1. The van der Waals surface area contributed by atoms with E-state index in [0.717, 1.165) is 23.5 Å². The van der Waals surface area contributed by atoms with E-state index in [1.165, 1.54) is 12.1 Å². The number of hydrogen-bond donors (Lipinski definition) is 3. The van der Waals surface area contributed by atoms with Crippen molar-refractivity contribution in [3.05, 3.63) is 38.7 Å². The lowest BCUT2D eigenvalue weighted by molar-refractivity contribution is 0.301. The van der Waals surface area contributed by atoms with Gasteiger partial charge in [0.2, 0.25) is 0 Å². The third kappa shape index (κ3) is 3.51. The number of aromatic amines is 1. The number of nitrogen functional groups attached to an aromatic ring is 1. The van der Waals surface area contributed by atoms with Crippen molar-refractivity contribution in [2.75, 3.05) is 17.7 Å². The molecule has 0 saturated carbocycles. The van der Waals surface area contributed by atoms with Crippen molar-refractivity contribution in [1.29, 1.82) is 0 Å². The largest absolute Gasteiger partial charge is 0.490 e. The molecule has 0 aliphatic rings. The highest BCUT2D eigenvalue weighted by molar-refractivity contribution is 7.07. The first-order valence-corrected chi connectivity index (χ1v) is 7.10. The van der Waals surface area contributed by atoms with Crippen LogP contribution in [0.15, 0.2) is 22.3 Å². The molecule has 4 N–H and O–H groups in total. The van der Waals surface area contributed by atoms with Crippen molar-refractivity contribution in [3.63, 3.8) is 0 Å². The number of nitrogens with one attached hydrogen (secondary N) is 2. The number of rotatable bonds is 6. The first kappa shape index (κ1) is 14.4. The van der Waals surface area contributed by atoms with E-state index in [2.05, 4.69) is 10.3 Å². The van der Waals surface area contributed by atoms with Crippen LogP contribution in [0.5, 0.6) is 5.75 Å². The molecule has 1 heterocycles. The Morgan fingerprint density at radius 1 is 1.50 bits per heavy atom. The zero-order valence-electron chi connectivity index (χ0n) is 11.0. The van der Waals surface area contributed by atoms with E-state index in [0.29, 0.717) is 24.5 Å². The summed E-state index contributed by atoms with van der Waals surface area (Å²) >= 11 is 1.09. The summed E-state index contributed by atoms with van der Waals surface area (Å²) < 4.78 is 19.0. The molecule has 0 saturated heterocycles. The molecule has 2 rings (SSSR count). The van der Waals surface area contributed by atoms with E-state index in [9.17, 15) is 9.18 Å². The number of anilines is 2. The molecule has 0 atom stereocenters. The first-order chi connectivity index (χ1) is 9.60. The second-order valence-corrected chi connectivity index (χ2v) is 5.09. The highest BCUT2D eigenvalue weighted by Crippen LogP contribution is 2.28. The number of halogens is 1. The van der Waals surface area contributed by atoms with Gasteiger partial charge in [0.1, 0.15) is 0 Å². The van der Waals surface area contributed by atoms with E-state index in [-0.39, 0.29) is 10.6 Å². The summed E-state index contributed by atoms with van der Waals surface area (Å²) in [5.74, 6) is -0.312. The van der Waals surface area contributed by atoms with Gasteiger partial charge in [0.25, 0.3) is 0 Å². The van der Waals surface area contributed by atoms with Gasteiger partial charge in [-0.05, 0) is 6.42 Å². The summed E-state index contributed by atoms with van der Waals surface area (Å²) in [5, 5.41) is 4.78. The molecule has 0 aliphatic heterocycles. The summed E-state index contributed by atoms with van der Waals surface area (Å²) in [4.78, 5) is 13.6. The van der Waals surface area contributed by atoms with Crippen LogP contribution in [0.4, 0.5) is 15.8 Å². The molecule has 0 bridgehead atoms. The summed E-state index contributed by atoms with van der Waals surface area (Å²) in [5.41, 5.74) is 7.38. The third-order valence-electron chi connectivity index (χ3n) is 2.61. The molecule has 1 aromatic heterocycles. The topological polar surface area (TPSA) is 80.1 Å². The van der Waals surface area contributed by atoms with E-state index in [4.69, 9.17) is 10.5 Å². The van der Waals surface area contributed by atoms with Crippen LogP contribution in [-0.4, -0.2) is 11.6 Å². The molecule has 2 aromatic rings. The number of thiazole rings is 1. The summed E-state index contributed by atoms with van der Waals surface area (Å²) in [6, 6.07) is 2.76. The van der Waals surface area contributed by atoms with Gasteiger partial charge in [-0.2, -0.15) is 0 Å². The Labute approximate surface area is 119 Å². The predicted molar refractivity (Wildman–Crippen MR) is 78.9 cm³/mol. The van der Waals surface area contributed by atoms with Crippen LogP contribution in [0.3, 0.4) is 0 Å². The summed E-state index contributed by atoms with van der Waals surface area (Å²) in [6.07, 6.45) is 0.794. The first-order valence-electron chi connectivity index (χ1n) is 6.22. The highest BCUT2D eigenvalue weighted by atomic mass is 32.1. The average Bonchev–Trinajstić information content (AvgIpc) is 2.82. The van der Waals surface area contributed by atoms with Gasteiger partial charge < -0.3 is 20.8 Å². The molecule has 1 aromatic carbocycles. The van der Waals surface area contributed by atoms with Gasteiger partial charge in [-0.15, -0.1) is 0 Å². The zero-order valence-corrected chi connectivity index (χ0v) is 11.8. The van der Waals surface area contributed by atoms with E-state index < -0.39 is 5.82 Å². The van der Waals surface area contributed by atoms with E-state index >= 15 is 0 Å². The van der Waals surface area contributed by atoms with Gasteiger partial charge in [0, 0.05) is 23.2 Å². The van der Waals surface area contributed by atoms with Crippen LogP contribution < -0.4 is 20.7 Å². The van der Waals surface area contributed by atoms with Crippen molar-refractivity contribution < 1.29 is 9.13 Å². The molecule has 0 spiro atoms. The quantitative estimate of drug-likeness (QED) is 0.716. The molecule has 0 unspecified atom stereocenters. The van der Waals surface area contributed by atoms with Crippen molar-refractivity contribution in [2.24, 2.45) is 0 Å². The van der Waals surface area contributed by atoms with Gasteiger partial charge in [-0.25, -0.2) is 4.39 Å². The van der Waals surface area contributed by atoms with Crippen molar-refractivity contribution in [2.45, 2.75) is 19.9 Å². The number of benzene rings is 1. The highest BCUT2D eigenvalue weighted by Gasteiger charge is 2.09. The van der Waals surface area contributed by atoms with Crippen LogP contribution in [0, 0.1) is 5.82 Å². The number of hydrogen-bond acceptors (Lipinski definition) is 5. The van der Waals surface area contributed by atoms with Gasteiger partial charge >= 0.3 is 4.87 Å². The Morgan fingerprint density at radius 2 is 2.30 bits per heavy atom. The van der Waals surface area contributed by atoms with Crippen molar-refractivity contribution >= 4 is 22.7 Å². The van der Waals surface area contributed by atoms with Crippen LogP contribution in [0.2, 0.25) is 0 Å². The summed E-state index contributed by atoms with van der Waals surface area (Å²) in [6.45, 7) is 2.79. The van der Waals surface area contributed by atoms with E-state index in [1.807, 2.05) is 6.92 Å². The number of ether oxygens (including phenoxy) is 1. The maximum atomic E-state index is 13.6. The number of nitrogens with two attached hydrogens (primary N) is 1. The molecule has 108 valence electrons. The molecule has 0 aliphatic carbocycles. The predicted octanol–water partition coefficient (Wildman–Crippen LogP) is 2.56. The Bertz CT molecular complexity index is 639. The maximum absolute atomic E-state index is 13.6. The Balaban J connectivity index is 2.11. The van der Waals surface area contributed by atoms with Gasteiger partial charge in [-0.1, -0.05) is 18.3 Å². The minimum Gasteiger partial charge on any atom is -0.490 e. The number of H-pyrrole nitrogens is 1. The monoisotopic (exact) mass is 297 g/mol. The fraction of sp³-hybridized carbons (Fsp3) is 0.308. The lowest BCUT2D eigenvalue weighted by atomic mass is 10.2. The van der Waals surface area contributed by atoms with Crippen LogP contribution >= 0.6 is 11.3 Å². The Kier molecular flexibility index (Phi) is 4.62. The Hall–Kier alpha value is -2.02. The van der Waals surface area contributed by atoms with Crippen LogP contribution in [-0.2, 0) is 6.54 Å². The second kappa shape index (κ2) is 6.42. The minimum absolute atomic E-state index is 0.110. The molecule has 7 heteroatoms. The standard InChI is InChI=1S/C13H16FN3O2S/c1-2-3-19-12-5-11(10(15)4-9(12)14)16-6-8-7-20-13(18)17-8/h4-5,7,16H,2-3,6,15H2,1H3,(H,17,18). The lowest BCUT2D eigenvalue weighted by Gasteiger charge is -2.12. The fourth-order valence-electron chi connectivity index (χ4n) is 1.64.